The topological polar surface area (TPSA) is 12.5 Å². The molecule has 2 aromatic rings. The van der Waals surface area contributed by atoms with Crippen LogP contribution in [0.25, 0.3) is 0 Å². The molecule has 2 nitrogen and oxygen atoms in total. The van der Waals surface area contributed by atoms with Crippen LogP contribution < -0.4 is 0 Å². The molecule has 0 amide bonds. The van der Waals surface area contributed by atoms with Crippen LogP contribution in [0.5, 0.6) is 0 Å². The van der Waals surface area contributed by atoms with Gasteiger partial charge in [0.2, 0.25) is 0 Å². The Morgan fingerprint density at radius 1 is 1.04 bits per heavy atom. The third-order valence-corrected chi connectivity index (χ3v) is 6.37. The molecule has 2 aromatic carbocycles. The van der Waals surface area contributed by atoms with Gasteiger partial charge in [-0.1, -0.05) is 66.1 Å². The molecule has 146 valence electrons. The van der Waals surface area contributed by atoms with Crippen LogP contribution in [-0.4, -0.2) is 31.6 Å². The summed E-state index contributed by atoms with van der Waals surface area (Å²) in [5.74, 6) is 1.42. The third kappa shape index (κ3) is 4.80. The highest BCUT2D eigenvalue weighted by atomic mass is 16.5. The lowest BCUT2D eigenvalue weighted by Crippen LogP contribution is -2.38. The van der Waals surface area contributed by atoms with Gasteiger partial charge in [0.15, 0.2) is 0 Å². The van der Waals surface area contributed by atoms with Crippen LogP contribution in [-0.2, 0) is 4.74 Å². The van der Waals surface area contributed by atoms with E-state index >= 15 is 0 Å². The van der Waals surface area contributed by atoms with Gasteiger partial charge >= 0.3 is 0 Å². The van der Waals surface area contributed by atoms with Crippen molar-refractivity contribution in [1.29, 1.82) is 0 Å². The largest absolute Gasteiger partial charge is 0.375 e. The fraction of sp³-hybridized carbons (Fsp3) is 0.520. The maximum atomic E-state index is 5.89. The van der Waals surface area contributed by atoms with Crippen LogP contribution in [0, 0.1) is 19.8 Å². The Morgan fingerprint density at radius 3 is 2.33 bits per heavy atom. The SMILES string of the molecule is CO[C@H](c1ccccc1)[C@H](C)N(C)CC1CCCC1c1cc(C)cc(C)c1. The molecular weight excluding hydrogens is 330 g/mol. The number of hydrogen-bond acceptors (Lipinski definition) is 2. The van der Waals surface area contributed by atoms with Gasteiger partial charge in [0.05, 0.1) is 6.10 Å². The average molecular weight is 366 g/mol. The quantitative estimate of drug-likeness (QED) is 0.606. The molecule has 0 N–H and O–H groups in total. The zero-order chi connectivity index (χ0) is 19.4. The van der Waals surface area contributed by atoms with E-state index in [0.29, 0.717) is 12.0 Å². The zero-order valence-corrected chi connectivity index (χ0v) is 17.6. The molecule has 0 heterocycles. The monoisotopic (exact) mass is 365 g/mol. The lowest BCUT2D eigenvalue weighted by Gasteiger charge is -2.34. The molecule has 0 radical (unpaired) electrons. The van der Waals surface area contributed by atoms with Gasteiger partial charge in [-0.15, -0.1) is 0 Å². The normalized spacial score (nSPS) is 22.1. The molecule has 27 heavy (non-hydrogen) atoms. The highest BCUT2D eigenvalue weighted by Gasteiger charge is 2.32. The Bertz CT molecular complexity index is 706. The average Bonchev–Trinajstić information content (AvgIpc) is 3.10. The number of nitrogens with zero attached hydrogens (tertiary/aromatic N) is 1. The van der Waals surface area contributed by atoms with E-state index in [0.717, 1.165) is 12.5 Å². The standard InChI is InChI=1S/C25H35NO/c1-18-14-19(2)16-23(15-18)24-13-9-12-22(24)17-26(4)20(3)25(27-5)21-10-7-6-8-11-21/h6-8,10-11,14-16,20,22,24-25H,9,12-13,17H2,1-5H3/t20-,22?,24?,25-/m0/s1. The summed E-state index contributed by atoms with van der Waals surface area (Å²) in [7, 11) is 4.09. The molecule has 0 saturated heterocycles. The summed E-state index contributed by atoms with van der Waals surface area (Å²) >= 11 is 0. The van der Waals surface area contributed by atoms with Crippen molar-refractivity contribution in [2.45, 2.75) is 58.1 Å². The maximum absolute atomic E-state index is 5.89. The number of aryl methyl sites for hydroxylation is 2. The Labute approximate surface area is 165 Å². The van der Waals surface area contributed by atoms with Crippen molar-refractivity contribution in [3.63, 3.8) is 0 Å². The van der Waals surface area contributed by atoms with Gasteiger partial charge < -0.3 is 9.64 Å². The van der Waals surface area contributed by atoms with Crippen LogP contribution >= 0.6 is 0 Å². The molecule has 0 bridgehead atoms. The second-order valence-corrected chi connectivity index (χ2v) is 8.47. The molecule has 0 spiro atoms. The van der Waals surface area contributed by atoms with Gasteiger partial charge in [-0.3, -0.25) is 0 Å². The van der Waals surface area contributed by atoms with Gasteiger partial charge in [0.25, 0.3) is 0 Å². The maximum Gasteiger partial charge on any atom is 0.0973 e. The number of rotatable bonds is 7. The van der Waals surface area contributed by atoms with E-state index in [9.17, 15) is 0 Å². The van der Waals surface area contributed by atoms with Crippen molar-refractivity contribution in [2.75, 3.05) is 20.7 Å². The predicted octanol–water partition coefficient (Wildman–Crippen LogP) is 5.90. The first-order chi connectivity index (χ1) is 13.0. The second-order valence-electron chi connectivity index (χ2n) is 8.47. The number of ether oxygens (including phenoxy) is 1. The highest BCUT2D eigenvalue weighted by Crippen LogP contribution is 2.41. The zero-order valence-electron chi connectivity index (χ0n) is 17.6. The summed E-state index contributed by atoms with van der Waals surface area (Å²) in [6.45, 7) is 7.86. The molecule has 4 atom stereocenters. The van der Waals surface area contributed by atoms with Crippen molar-refractivity contribution in [3.8, 4) is 0 Å². The first kappa shape index (κ1) is 20.1. The van der Waals surface area contributed by atoms with Crippen LogP contribution in [0.2, 0.25) is 0 Å². The van der Waals surface area contributed by atoms with Crippen molar-refractivity contribution >= 4 is 0 Å². The van der Waals surface area contributed by atoms with Crippen molar-refractivity contribution < 1.29 is 4.74 Å². The van der Waals surface area contributed by atoms with E-state index in [1.54, 1.807) is 5.56 Å². The van der Waals surface area contributed by atoms with Crippen LogP contribution in [0.4, 0.5) is 0 Å². The van der Waals surface area contributed by atoms with E-state index in [1.807, 2.05) is 7.11 Å². The van der Waals surface area contributed by atoms with Crippen LogP contribution in [0.3, 0.4) is 0 Å². The minimum absolute atomic E-state index is 0.109. The molecule has 1 aliphatic rings. The lowest BCUT2D eigenvalue weighted by molar-refractivity contribution is 0.0242. The van der Waals surface area contributed by atoms with E-state index in [2.05, 4.69) is 81.2 Å². The van der Waals surface area contributed by atoms with E-state index in [1.165, 1.54) is 36.0 Å². The van der Waals surface area contributed by atoms with E-state index < -0.39 is 0 Å². The summed E-state index contributed by atoms with van der Waals surface area (Å²) in [6, 6.07) is 18.0. The van der Waals surface area contributed by atoms with Gasteiger partial charge in [-0.25, -0.2) is 0 Å². The van der Waals surface area contributed by atoms with E-state index in [4.69, 9.17) is 4.74 Å². The lowest BCUT2D eigenvalue weighted by atomic mass is 9.86. The molecule has 2 unspecified atom stereocenters. The number of methoxy groups -OCH3 is 1. The summed E-state index contributed by atoms with van der Waals surface area (Å²) in [5, 5.41) is 0. The molecule has 1 saturated carbocycles. The number of likely N-dealkylation sites (N-methyl/N-ethyl adjacent to an activating group) is 1. The molecular formula is C25H35NO. The first-order valence-corrected chi connectivity index (χ1v) is 10.4. The summed E-state index contributed by atoms with van der Waals surface area (Å²) in [6.07, 6.45) is 4.11. The fourth-order valence-corrected chi connectivity index (χ4v) is 4.94. The molecule has 3 rings (SSSR count). The Balaban J connectivity index is 1.71. The second kappa shape index (κ2) is 9.03. The minimum Gasteiger partial charge on any atom is -0.375 e. The first-order valence-electron chi connectivity index (χ1n) is 10.4. The molecule has 0 aliphatic heterocycles. The molecule has 0 aromatic heterocycles. The smallest absolute Gasteiger partial charge is 0.0973 e. The molecule has 1 fully saturated rings. The Hall–Kier alpha value is -1.64. The van der Waals surface area contributed by atoms with Gasteiger partial charge in [0, 0.05) is 19.7 Å². The number of hydrogen-bond donors (Lipinski definition) is 0. The minimum atomic E-state index is 0.109. The number of benzene rings is 2. The van der Waals surface area contributed by atoms with Crippen molar-refractivity contribution in [1.82, 2.24) is 4.90 Å². The Morgan fingerprint density at radius 2 is 1.70 bits per heavy atom. The van der Waals surface area contributed by atoms with Crippen molar-refractivity contribution in [2.24, 2.45) is 5.92 Å². The molecule has 2 heteroatoms. The van der Waals surface area contributed by atoms with Crippen LogP contribution in [0.1, 0.15) is 60.5 Å². The van der Waals surface area contributed by atoms with Crippen LogP contribution in [0.15, 0.2) is 48.5 Å². The summed E-state index contributed by atoms with van der Waals surface area (Å²) < 4.78 is 5.89. The summed E-state index contributed by atoms with van der Waals surface area (Å²) in [4.78, 5) is 2.51. The summed E-state index contributed by atoms with van der Waals surface area (Å²) in [5.41, 5.74) is 5.58. The Kier molecular flexibility index (Phi) is 6.73. The van der Waals surface area contributed by atoms with Crippen molar-refractivity contribution in [3.05, 3.63) is 70.8 Å². The highest BCUT2D eigenvalue weighted by molar-refractivity contribution is 5.32. The van der Waals surface area contributed by atoms with E-state index in [-0.39, 0.29) is 6.10 Å². The van der Waals surface area contributed by atoms with Gasteiger partial charge in [-0.05, 0) is 63.6 Å². The molecule has 1 aliphatic carbocycles. The fourth-order valence-electron chi connectivity index (χ4n) is 4.94. The predicted molar refractivity (Wildman–Crippen MR) is 114 cm³/mol. The van der Waals surface area contributed by atoms with Gasteiger partial charge in [0.1, 0.15) is 0 Å². The third-order valence-electron chi connectivity index (χ3n) is 6.37. The van der Waals surface area contributed by atoms with Gasteiger partial charge in [-0.2, -0.15) is 0 Å².